The highest BCUT2D eigenvalue weighted by Gasteiger charge is 2.22. The molecule has 1 N–H and O–H groups in total. The molecular formula is C22H33N3O3. The molecule has 1 aromatic carbocycles. The zero-order valence-corrected chi connectivity index (χ0v) is 17.6. The minimum atomic E-state index is -0.413. The van der Waals surface area contributed by atoms with Crippen LogP contribution in [0.4, 0.5) is 0 Å². The van der Waals surface area contributed by atoms with E-state index in [9.17, 15) is 14.4 Å². The second-order valence-corrected chi connectivity index (χ2v) is 8.57. The summed E-state index contributed by atoms with van der Waals surface area (Å²) in [5, 5.41) is 2.92. The molecule has 0 bridgehead atoms. The summed E-state index contributed by atoms with van der Waals surface area (Å²) >= 11 is 0. The predicted molar refractivity (Wildman–Crippen MR) is 110 cm³/mol. The van der Waals surface area contributed by atoms with Gasteiger partial charge >= 0.3 is 0 Å². The van der Waals surface area contributed by atoms with Crippen LogP contribution >= 0.6 is 0 Å². The Morgan fingerprint density at radius 1 is 1.00 bits per heavy atom. The first-order valence-corrected chi connectivity index (χ1v) is 10.0. The fraction of sp³-hybridized carbons (Fsp3) is 0.591. The Balaban J connectivity index is 1.80. The van der Waals surface area contributed by atoms with Crippen LogP contribution in [0.3, 0.4) is 0 Å². The smallest absolute Gasteiger partial charge is 0.253 e. The van der Waals surface area contributed by atoms with E-state index in [4.69, 9.17) is 0 Å². The maximum Gasteiger partial charge on any atom is 0.253 e. The zero-order valence-electron chi connectivity index (χ0n) is 17.6. The van der Waals surface area contributed by atoms with Crippen molar-refractivity contribution in [3.8, 4) is 0 Å². The van der Waals surface area contributed by atoms with Crippen LogP contribution in [0.5, 0.6) is 0 Å². The Bertz CT molecular complexity index is 684. The number of hydrogen-bond acceptors (Lipinski definition) is 4. The summed E-state index contributed by atoms with van der Waals surface area (Å²) in [6, 6.07) is 7.46. The Morgan fingerprint density at radius 2 is 1.61 bits per heavy atom. The molecule has 1 aliphatic rings. The Morgan fingerprint density at radius 3 is 2.14 bits per heavy atom. The summed E-state index contributed by atoms with van der Waals surface area (Å²) < 4.78 is 0. The molecule has 6 nitrogen and oxygen atoms in total. The molecule has 0 aromatic heterocycles. The minimum Gasteiger partial charge on any atom is -0.352 e. The van der Waals surface area contributed by atoms with Gasteiger partial charge < -0.3 is 15.0 Å². The van der Waals surface area contributed by atoms with Gasteiger partial charge in [-0.2, -0.15) is 0 Å². The molecule has 2 rings (SSSR count). The first kappa shape index (κ1) is 22.1. The summed E-state index contributed by atoms with van der Waals surface area (Å²) in [7, 11) is 0. The van der Waals surface area contributed by atoms with E-state index in [2.05, 4.69) is 10.2 Å². The first-order chi connectivity index (χ1) is 13.2. The highest BCUT2D eigenvalue weighted by atomic mass is 16.2. The number of nitrogens with zero attached hydrogens (tertiary/aromatic N) is 2. The van der Waals surface area contributed by atoms with Crippen molar-refractivity contribution in [3.63, 3.8) is 0 Å². The van der Waals surface area contributed by atoms with Gasteiger partial charge in [0.1, 0.15) is 5.78 Å². The molecule has 1 saturated heterocycles. The normalized spacial score (nSPS) is 15.4. The van der Waals surface area contributed by atoms with Crippen LogP contribution in [0.1, 0.15) is 56.5 Å². The molecule has 1 aliphatic heterocycles. The summed E-state index contributed by atoms with van der Waals surface area (Å²) in [4.78, 5) is 39.9. The van der Waals surface area contributed by atoms with Gasteiger partial charge in [-0.15, -0.1) is 0 Å². The van der Waals surface area contributed by atoms with E-state index in [1.165, 1.54) is 0 Å². The van der Waals surface area contributed by atoms with Crippen molar-refractivity contribution in [1.29, 1.82) is 0 Å². The number of benzene rings is 1. The van der Waals surface area contributed by atoms with Crippen LogP contribution in [0.2, 0.25) is 0 Å². The largest absolute Gasteiger partial charge is 0.352 e. The van der Waals surface area contributed by atoms with Gasteiger partial charge in [-0.1, -0.05) is 32.9 Å². The third kappa shape index (κ3) is 6.75. The molecule has 0 atom stereocenters. The maximum absolute atomic E-state index is 12.7. The molecule has 6 heteroatoms. The van der Waals surface area contributed by atoms with Crippen LogP contribution in [-0.2, 0) is 16.1 Å². The highest BCUT2D eigenvalue weighted by Crippen LogP contribution is 2.14. The van der Waals surface area contributed by atoms with Crippen molar-refractivity contribution < 1.29 is 14.4 Å². The van der Waals surface area contributed by atoms with Gasteiger partial charge in [0.15, 0.2) is 0 Å². The number of carbonyl (C=O) groups is 3. The quantitative estimate of drug-likeness (QED) is 0.780. The monoisotopic (exact) mass is 387 g/mol. The van der Waals surface area contributed by atoms with Crippen molar-refractivity contribution in [1.82, 2.24) is 15.1 Å². The van der Waals surface area contributed by atoms with Gasteiger partial charge in [-0.25, -0.2) is 0 Å². The van der Waals surface area contributed by atoms with Crippen LogP contribution in [0, 0.1) is 5.41 Å². The third-order valence-electron chi connectivity index (χ3n) is 5.00. The van der Waals surface area contributed by atoms with E-state index in [0.717, 1.165) is 31.6 Å². The standard InChI is InChI=1S/C22H33N3O3/c1-17(26)6-5-11-24-12-14-25(15-13-24)20(27)19-9-7-18(8-10-19)16-23-21(28)22(2,3)4/h7-10H,5-6,11-16H2,1-4H3,(H,23,28). The second kappa shape index (κ2) is 9.82. The lowest BCUT2D eigenvalue weighted by atomic mass is 9.95. The number of piperazine rings is 1. The van der Waals surface area contributed by atoms with Crippen molar-refractivity contribution in [2.45, 2.75) is 47.1 Å². The van der Waals surface area contributed by atoms with E-state index in [1.54, 1.807) is 6.92 Å². The predicted octanol–water partition coefficient (Wildman–Crippen LogP) is 2.48. The second-order valence-electron chi connectivity index (χ2n) is 8.57. The van der Waals surface area contributed by atoms with Crippen molar-refractivity contribution in [3.05, 3.63) is 35.4 Å². The summed E-state index contributed by atoms with van der Waals surface area (Å²) in [5.74, 6) is 0.290. The Kier molecular flexibility index (Phi) is 7.75. The fourth-order valence-corrected chi connectivity index (χ4v) is 3.12. The molecule has 0 spiro atoms. The molecule has 1 aromatic rings. The van der Waals surface area contributed by atoms with E-state index in [1.807, 2.05) is 49.9 Å². The number of ketones is 1. The molecule has 0 radical (unpaired) electrons. The molecule has 28 heavy (non-hydrogen) atoms. The van der Waals surface area contributed by atoms with Gasteiger partial charge in [0.2, 0.25) is 5.91 Å². The minimum absolute atomic E-state index is 0.00817. The molecule has 154 valence electrons. The van der Waals surface area contributed by atoms with Crippen LogP contribution in [0.15, 0.2) is 24.3 Å². The Labute approximate surface area is 168 Å². The molecular weight excluding hydrogens is 354 g/mol. The van der Waals surface area contributed by atoms with Crippen molar-refractivity contribution in [2.24, 2.45) is 5.41 Å². The topological polar surface area (TPSA) is 69.7 Å². The van der Waals surface area contributed by atoms with Crippen LogP contribution in [0.25, 0.3) is 0 Å². The Hall–Kier alpha value is -2.21. The summed E-state index contributed by atoms with van der Waals surface area (Å²) in [5.41, 5.74) is 1.24. The van der Waals surface area contributed by atoms with Gasteiger partial charge in [0, 0.05) is 50.1 Å². The van der Waals surface area contributed by atoms with Gasteiger partial charge in [-0.05, 0) is 37.6 Å². The molecule has 0 unspecified atom stereocenters. The van der Waals surface area contributed by atoms with Gasteiger partial charge in [-0.3, -0.25) is 14.5 Å². The molecule has 0 aliphatic carbocycles. The average Bonchev–Trinajstić information content (AvgIpc) is 2.65. The van der Waals surface area contributed by atoms with Gasteiger partial charge in [0.25, 0.3) is 5.91 Å². The average molecular weight is 388 g/mol. The van der Waals surface area contributed by atoms with Crippen LogP contribution in [-0.4, -0.2) is 60.1 Å². The SMILES string of the molecule is CC(=O)CCCN1CCN(C(=O)c2ccc(CNC(=O)C(C)(C)C)cc2)CC1. The number of Topliss-reactive ketones (excluding diaryl/α,β-unsaturated/α-hetero) is 1. The summed E-state index contributed by atoms with van der Waals surface area (Å²) in [6.07, 6.45) is 1.51. The van der Waals surface area contributed by atoms with Crippen LogP contribution < -0.4 is 5.32 Å². The maximum atomic E-state index is 12.7. The zero-order chi connectivity index (χ0) is 20.7. The molecule has 2 amide bonds. The first-order valence-electron chi connectivity index (χ1n) is 10.0. The molecule has 1 heterocycles. The summed E-state index contributed by atoms with van der Waals surface area (Å²) in [6.45, 7) is 11.8. The lowest BCUT2D eigenvalue weighted by Crippen LogP contribution is -2.48. The number of hydrogen-bond donors (Lipinski definition) is 1. The number of carbonyl (C=O) groups excluding carboxylic acids is 3. The fourth-order valence-electron chi connectivity index (χ4n) is 3.12. The number of rotatable bonds is 7. The number of amides is 2. The number of nitrogens with one attached hydrogen (secondary N) is 1. The van der Waals surface area contributed by atoms with E-state index in [-0.39, 0.29) is 17.6 Å². The molecule has 0 saturated carbocycles. The molecule has 1 fully saturated rings. The highest BCUT2D eigenvalue weighted by molar-refractivity contribution is 5.94. The van der Waals surface area contributed by atoms with E-state index < -0.39 is 5.41 Å². The van der Waals surface area contributed by atoms with Crippen molar-refractivity contribution in [2.75, 3.05) is 32.7 Å². The van der Waals surface area contributed by atoms with Crippen molar-refractivity contribution >= 4 is 17.6 Å². The van der Waals surface area contributed by atoms with E-state index in [0.29, 0.717) is 31.6 Å². The van der Waals surface area contributed by atoms with E-state index >= 15 is 0 Å². The lowest BCUT2D eigenvalue weighted by molar-refractivity contribution is -0.128. The van der Waals surface area contributed by atoms with Gasteiger partial charge in [0.05, 0.1) is 0 Å². The lowest BCUT2D eigenvalue weighted by Gasteiger charge is -2.34. The third-order valence-corrected chi connectivity index (χ3v) is 5.00.